The molecule has 154 valence electrons. The summed E-state index contributed by atoms with van der Waals surface area (Å²) in [6, 6.07) is 20.5. The van der Waals surface area contributed by atoms with Crippen LogP contribution in [0.25, 0.3) is 22.1 Å². The quantitative estimate of drug-likeness (QED) is 0.393. The molecule has 6 nitrogen and oxygen atoms in total. The SMILES string of the molecule is Cc1ccc(S(=O)(=O)Oc2ccc(/C=c3\sc4nc5ccccc5n4c3=O)cc2)cc1. The summed E-state index contributed by atoms with van der Waals surface area (Å²) in [7, 11) is -3.91. The molecule has 0 atom stereocenters. The van der Waals surface area contributed by atoms with Gasteiger partial charge in [0.05, 0.1) is 15.6 Å². The minimum atomic E-state index is -3.91. The van der Waals surface area contributed by atoms with E-state index in [2.05, 4.69) is 4.98 Å². The van der Waals surface area contributed by atoms with E-state index in [0.717, 1.165) is 22.2 Å². The normalized spacial score (nSPS) is 12.6. The number of rotatable bonds is 4. The number of aromatic nitrogens is 2. The van der Waals surface area contributed by atoms with Crippen LogP contribution in [0.2, 0.25) is 0 Å². The van der Waals surface area contributed by atoms with Gasteiger partial charge in [0.25, 0.3) is 5.56 Å². The zero-order chi connectivity index (χ0) is 21.6. The van der Waals surface area contributed by atoms with E-state index in [1.165, 1.54) is 23.5 Å². The number of hydrogen-bond donors (Lipinski definition) is 0. The van der Waals surface area contributed by atoms with Crippen LogP contribution >= 0.6 is 11.3 Å². The Kier molecular flexibility index (Phi) is 4.60. The molecule has 5 aromatic rings. The third-order valence-corrected chi connectivity index (χ3v) is 7.07. The van der Waals surface area contributed by atoms with E-state index in [-0.39, 0.29) is 16.2 Å². The van der Waals surface area contributed by atoms with Gasteiger partial charge in [0.1, 0.15) is 10.6 Å². The van der Waals surface area contributed by atoms with Crippen LogP contribution in [0.15, 0.2) is 82.5 Å². The molecule has 0 aliphatic heterocycles. The summed E-state index contributed by atoms with van der Waals surface area (Å²) in [5.41, 5.74) is 3.16. The smallest absolute Gasteiger partial charge is 0.339 e. The largest absolute Gasteiger partial charge is 0.379 e. The molecule has 0 fully saturated rings. The predicted molar refractivity (Wildman–Crippen MR) is 121 cm³/mol. The highest BCUT2D eigenvalue weighted by molar-refractivity contribution is 7.87. The highest BCUT2D eigenvalue weighted by Crippen LogP contribution is 2.20. The number of imidazole rings is 1. The van der Waals surface area contributed by atoms with Gasteiger partial charge >= 0.3 is 10.1 Å². The second-order valence-corrected chi connectivity index (χ2v) is 9.61. The van der Waals surface area contributed by atoms with E-state index in [0.29, 0.717) is 9.49 Å². The fraction of sp³-hybridized carbons (Fsp3) is 0.0435. The second-order valence-electron chi connectivity index (χ2n) is 7.05. The first-order chi connectivity index (χ1) is 14.9. The molecule has 2 heterocycles. The Bertz CT molecular complexity index is 1630. The van der Waals surface area contributed by atoms with Crippen LogP contribution < -0.4 is 14.3 Å². The topological polar surface area (TPSA) is 77.7 Å². The van der Waals surface area contributed by atoms with E-state index < -0.39 is 10.1 Å². The zero-order valence-electron chi connectivity index (χ0n) is 16.3. The molecule has 0 saturated carbocycles. The summed E-state index contributed by atoms with van der Waals surface area (Å²) in [6.07, 6.45) is 1.76. The molecule has 0 aliphatic carbocycles. The van der Waals surface area contributed by atoms with Gasteiger partial charge in [0.2, 0.25) is 0 Å². The number of hydrogen-bond acceptors (Lipinski definition) is 6. The summed E-state index contributed by atoms with van der Waals surface area (Å²) in [5, 5.41) is 0. The van der Waals surface area contributed by atoms with Crippen molar-refractivity contribution in [3.05, 3.63) is 98.8 Å². The first-order valence-corrected chi connectivity index (χ1v) is 11.7. The van der Waals surface area contributed by atoms with Crippen molar-refractivity contribution in [1.82, 2.24) is 9.38 Å². The Hall–Kier alpha value is -3.49. The molecule has 5 rings (SSSR count). The number of fused-ring (bicyclic) bond motifs is 3. The maximum Gasteiger partial charge on any atom is 0.339 e. The lowest BCUT2D eigenvalue weighted by atomic mass is 10.2. The third kappa shape index (κ3) is 3.60. The highest BCUT2D eigenvalue weighted by Gasteiger charge is 2.16. The maximum absolute atomic E-state index is 12.8. The van der Waals surface area contributed by atoms with Gasteiger partial charge in [0, 0.05) is 0 Å². The number of aryl methyl sites for hydroxylation is 1. The van der Waals surface area contributed by atoms with E-state index in [9.17, 15) is 13.2 Å². The average Bonchev–Trinajstić information content (AvgIpc) is 3.26. The lowest BCUT2D eigenvalue weighted by Gasteiger charge is -2.07. The molecule has 0 N–H and O–H groups in total. The summed E-state index contributed by atoms with van der Waals surface area (Å²) in [5.74, 6) is 0.201. The minimum absolute atomic E-state index is 0.0962. The van der Waals surface area contributed by atoms with Gasteiger partial charge in [-0.1, -0.05) is 53.3 Å². The lowest BCUT2D eigenvalue weighted by Crippen LogP contribution is -2.22. The highest BCUT2D eigenvalue weighted by atomic mass is 32.2. The molecule has 0 unspecified atom stereocenters. The van der Waals surface area contributed by atoms with Gasteiger partial charge in [-0.2, -0.15) is 8.42 Å². The fourth-order valence-corrected chi connectivity index (χ4v) is 5.18. The monoisotopic (exact) mass is 448 g/mol. The Morgan fingerprint density at radius 2 is 1.68 bits per heavy atom. The predicted octanol–water partition coefficient (Wildman–Crippen LogP) is 3.53. The fourth-order valence-electron chi connectivity index (χ4n) is 3.26. The summed E-state index contributed by atoms with van der Waals surface area (Å²) < 4.78 is 32.2. The standard InChI is InChI=1S/C23H16N2O4S2/c1-15-6-12-18(13-7-15)31(27,28)29-17-10-8-16(9-11-17)14-21-22(26)25-20-5-3-2-4-19(20)24-23(25)30-21/h2-14H,1H3/b21-14-. The number of benzene rings is 3. The van der Waals surface area contributed by atoms with E-state index in [1.54, 1.807) is 46.9 Å². The average molecular weight is 449 g/mol. The van der Waals surface area contributed by atoms with Crippen molar-refractivity contribution in [2.45, 2.75) is 11.8 Å². The number of nitrogens with zero attached hydrogens (tertiary/aromatic N) is 2. The molecule has 2 aromatic heterocycles. The van der Waals surface area contributed by atoms with Crippen molar-refractivity contribution in [3.8, 4) is 5.75 Å². The van der Waals surface area contributed by atoms with Gasteiger partial charge in [-0.05, 0) is 55.0 Å². The van der Waals surface area contributed by atoms with Gasteiger partial charge in [-0.25, -0.2) is 9.38 Å². The molecular weight excluding hydrogens is 432 g/mol. The number of thiazole rings is 1. The Labute approximate surface area is 181 Å². The van der Waals surface area contributed by atoms with Gasteiger partial charge in [0.15, 0.2) is 4.96 Å². The second kappa shape index (κ2) is 7.33. The molecule has 31 heavy (non-hydrogen) atoms. The maximum atomic E-state index is 12.8. The van der Waals surface area contributed by atoms with Crippen LogP contribution in [0.5, 0.6) is 5.75 Å². The minimum Gasteiger partial charge on any atom is -0.379 e. The summed E-state index contributed by atoms with van der Waals surface area (Å²) >= 11 is 1.31. The van der Waals surface area contributed by atoms with Gasteiger partial charge in [-0.3, -0.25) is 4.79 Å². The first kappa shape index (κ1) is 19.5. The summed E-state index contributed by atoms with van der Waals surface area (Å²) in [6.45, 7) is 1.88. The van der Waals surface area contributed by atoms with Crippen LogP contribution in [0.4, 0.5) is 0 Å². The number of para-hydroxylation sites is 2. The Balaban J connectivity index is 1.45. The van der Waals surface area contributed by atoms with Crippen molar-refractivity contribution in [1.29, 1.82) is 0 Å². The third-order valence-electron chi connectivity index (χ3n) is 4.84. The molecular formula is C23H16N2O4S2. The Morgan fingerprint density at radius 3 is 2.42 bits per heavy atom. The van der Waals surface area contributed by atoms with Crippen LogP contribution in [0.1, 0.15) is 11.1 Å². The first-order valence-electron chi connectivity index (χ1n) is 9.44. The molecule has 0 amide bonds. The molecule has 8 heteroatoms. The van der Waals surface area contributed by atoms with Crippen molar-refractivity contribution in [2.24, 2.45) is 0 Å². The van der Waals surface area contributed by atoms with Gasteiger partial charge in [-0.15, -0.1) is 0 Å². The van der Waals surface area contributed by atoms with Crippen molar-refractivity contribution >= 4 is 43.5 Å². The van der Waals surface area contributed by atoms with Crippen LogP contribution in [-0.2, 0) is 10.1 Å². The van der Waals surface area contributed by atoms with Crippen LogP contribution in [-0.4, -0.2) is 17.8 Å². The molecule has 0 aliphatic rings. The molecule has 0 spiro atoms. The van der Waals surface area contributed by atoms with Crippen molar-refractivity contribution < 1.29 is 12.6 Å². The van der Waals surface area contributed by atoms with Crippen molar-refractivity contribution in [2.75, 3.05) is 0 Å². The van der Waals surface area contributed by atoms with Crippen LogP contribution in [0, 0.1) is 6.92 Å². The van der Waals surface area contributed by atoms with E-state index in [1.807, 2.05) is 31.2 Å². The van der Waals surface area contributed by atoms with E-state index >= 15 is 0 Å². The summed E-state index contributed by atoms with van der Waals surface area (Å²) in [4.78, 5) is 18.1. The molecule has 0 radical (unpaired) electrons. The van der Waals surface area contributed by atoms with E-state index in [4.69, 9.17) is 4.18 Å². The lowest BCUT2D eigenvalue weighted by molar-refractivity contribution is 0.486. The van der Waals surface area contributed by atoms with Gasteiger partial charge < -0.3 is 4.18 Å². The molecule has 0 bridgehead atoms. The molecule has 3 aromatic carbocycles. The Morgan fingerprint density at radius 1 is 0.968 bits per heavy atom. The van der Waals surface area contributed by atoms with Crippen molar-refractivity contribution in [3.63, 3.8) is 0 Å². The zero-order valence-corrected chi connectivity index (χ0v) is 18.0. The van der Waals surface area contributed by atoms with Crippen LogP contribution in [0.3, 0.4) is 0 Å². The molecule has 0 saturated heterocycles.